The Kier molecular flexibility index (Phi) is 2.04. The highest BCUT2D eigenvalue weighted by molar-refractivity contribution is 5.04. The van der Waals surface area contributed by atoms with Crippen LogP contribution in [0.25, 0.3) is 0 Å². The number of nitroso groups, excluding NO2 is 1. The van der Waals surface area contributed by atoms with Gasteiger partial charge in [0, 0.05) is 0 Å². The van der Waals surface area contributed by atoms with E-state index in [4.69, 9.17) is 0 Å². The predicted octanol–water partition coefficient (Wildman–Crippen LogP) is 1.05. The highest BCUT2D eigenvalue weighted by atomic mass is 16.3. The molecule has 0 fully saturated rings. The molecule has 0 N–H and O–H groups in total. The number of nitrogens with zero attached hydrogens (tertiary/aromatic N) is 3. The molecule has 1 heterocycles. The monoisotopic (exact) mass is 137 g/mol. The molecule has 1 aromatic rings. The zero-order chi connectivity index (χ0) is 7.40. The number of aryl methyl sites for hydroxylation is 1. The average Bonchev–Trinajstić information content (AvgIpc) is 1.95. The van der Waals surface area contributed by atoms with Crippen LogP contribution >= 0.6 is 0 Å². The molecule has 4 heteroatoms. The van der Waals surface area contributed by atoms with E-state index in [9.17, 15) is 4.91 Å². The first-order valence-electron chi connectivity index (χ1n) is 2.91. The lowest BCUT2D eigenvalue weighted by molar-refractivity contribution is 0.873. The third kappa shape index (κ3) is 1.58. The minimum absolute atomic E-state index is 0.104. The molecular weight excluding hydrogens is 130 g/mol. The van der Waals surface area contributed by atoms with Crippen molar-refractivity contribution in [3.63, 3.8) is 0 Å². The van der Waals surface area contributed by atoms with Crippen molar-refractivity contribution in [1.82, 2.24) is 10.2 Å². The fourth-order valence-electron chi connectivity index (χ4n) is 0.577. The van der Waals surface area contributed by atoms with Crippen LogP contribution in [0.15, 0.2) is 17.3 Å². The normalized spacial score (nSPS) is 9.30. The van der Waals surface area contributed by atoms with Gasteiger partial charge in [0.05, 0.1) is 11.4 Å². The largest absolute Gasteiger partial charge is 0.156 e. The summed E-state index contributed by atoms with van der Waals surface area (Å²) < 4.78 is 0. The summed E-state index contributed by atoms with van der Waals surface area (Å²) in [6.07, 6.45) is 0. The van der Waals surface area contributed by atoms with Crippen LogP contribution in [0.2, 0.25) is 0 Å². The lowest BCUT2D eigenvalue weighted by Gasteiger charge is -1.90. The predicted molar refractivity (Wildman–Crippen MR) is 36.3 cm³/mol. The van der Waals surface area contributed by atoms with Crippen molar-refractivity contribution in [2.75, 3.05) is 0 Å². The third-order valence-electron chi connectivity index (χ3n) is 1.08. The topological polar surface area (TPSA) is 55.2 Å². The quantitative estimate of drug-likeness (QED) is 0.572. The molecule has 0 aliphatic rings. The summed E-state index contributed by atoms with van der Waals surface area (Å²) in [6.45, 7) is 1.94. The summed E-state index contributed by atoms with van der Waals surface area (Å²) >= 11 is 0. The standard InChI is InChI=1S/C6H7N3O/c1-5-2-3-6(4-7-10)9-8-5/h2-3H,4H2,1H3. The minimum atomic E-state index is 0.104. The molecule has 0 radical (unpaired) electrons. The summed E-state index contributed by atoms with van der Waals surface area (Å²) in [5, 5.41) is 10.2. The van der Waals surface area contributed by atoms with Crippen molar-refractivity contribution in [3.05, 3.63) is 28.4 Å². The van der Waals surface area contributed by atoms with E-state index in [0.29, 0.717) is 5.69 Å². The Morgan fingerprint density at radius 3 is 2.80 bits per heavy atom. The van der Waals surface area contributed by atoms with Crippen molar-refractivity contribution in [3.8, 4) is 0 Å². The molecule has 0 amide bonds. The molecule has 0 aliphatic carbocycles. The van der Waals surface area contributed by atoms with Gasteiger partial charge >= 0.3 is 0 Å². The van der Waals surface area contributed by atoms with Crippen LogP contribution in [0.5, 0.6) is 0 Å². The van der Waals surface area contributed by atoms with E-state index >= 15 is 0 Å². The van der Waals surface area contributed by atoms with Crippen LogP contribution in [0.4, 0.5) is 0 Å². The van der Waals surface area contributed by atoms with Crippen LogP contribution in [0.1, 0.15) is 11.4 Å². The summed E-state index contributed by atoms with van der Waals surface area (Å²) in [5.41, 5.74) is 1.45. The first kappa shape index (κ1) is 6.80. The maximum Gasteiger partial charge on any atom is 0.125 e. The molecule has 0 aromatic carbocycles. The second-order valence-corrected chi connectivity index (χ2v) is 1.95. The van der Waals surface area contributed by atoms with Gasteiger partial charge in [0.2, 0.25) is 0 Å². The Balaban J connectivity index is 2.78. The maximum absolute atomic E-state index is 9.74. The van der Waals surface area contributed by atoms with Crippen molar-refractivity contribution in [2.24, 2.45) is 5.18 Å². The molecule has 0 bridgehead atoms. The molecule has 0 aliphatic heterocycles. The zero-order valence-electron chi connectivity index (χ0n) is 5.61. The van der Waals surface area contributed by atoms with Crippen LogP contribution in [-0.4, -0.2) is 10.2 Å². The number of hydrogen-bond acceptors (Lipinski definition) is 4. The Morgan fingerprint density at radius 1 is 1.50 bits per heavy atom. The van der Waals surface area contributed by atoms with Gasteiger partial charge in [-0.1, -0.05) is 5.18 Å². The second-order valence-electron chi connectivity index (χ2n) is 1.95. The number of hydrogen-bond donors (Lipinski definition) is 0. The summed E-state index contributed by atoms with van der Waals surface area (Å²) in [6, 6.07) is 3.54. The molecule has 0 atom stereocenters. The van der Waals surface area contributed by atoms with Crippen molar-refractivity contribution in [2.45, 2.75) is 13.5 Å². The fraction of sp³-hybridized carbons (Fsp3) is 0.333. The van der Waals surface area contributed by atoms with Crippen LogP contribution < -0.4 is 0 Å². The van der Waals surface area contributed by atoms with Crippen LogP contribution in [0, 0.1) is 11.8 Å². The maximum atomic E-state index is 9.74. The molecule has 10 heavy (non-hydrogen) atoms. The lowest BCUT2D eigenvalue weighted by Crippen LogP contribution is -1.91. The highest BCUT2D eigenvalue weighted by Crippen LogP contribution is 1.95. The van der Waals surface area contributed by atoms with E-state index in [1.165, 1.54) is 0 Å². The van der Waals surface area contributed by atoms with E-state index in [0.717, 1.165) is 5.69 Å². The SMILES string of the molecule is Cc1ccc(CN=O)nn1. The van der Waals surface area contributed by atoms with Gasteiger partial charge in [-0.3, -0.25) is 0 Å². The molecule has 0 saturated heterocycles. The Hall–Kier alpha value is -1.32. The van der Waals surface area contributed by atoms with Crippen LogP contribution in [-0.2, 0) is 6.54 Å². The molecule has 0 spiro atoms. The van der Waals surface area contributed by atoms with E-state index < -0.39 is 0 Å². The van der Waals surface area contributed by atoms with Gasteiger partial charge < -0.3 is 0 Å². The second kappa shape index (κ2) is 3.00. The Labute approximate surface area is 58.3 Å². The molecule has 0 unspecified atom stereocenters. The van der Waals surface area contributed by atoms with Crippen LogP contribution in [0.3, 0.4) is 0 Å². The van der Waals surface area contributed by atoms with Gasteiger partial charge in [-0.25, -0.2) is 0 Å². The average molecular weight is 137 g/mol. The van der Waals surface area contributed by atoms with E-state index in [1.807, 2.05) is 6.92 Å². The number of aromatic nitrogens is 2. The molecule has 0 saturated carbocycles. The van der Waals surface area contributed by atoms with Gasteiger partial charge in [-0.2, -0.15) is 15.1 Å². The van der Waals surface area contributed by atoms with Crippen molar-refractivity contribution in [1.29, 1.82) is 0 Å². The Morgan fingerprint density at radius 2 is 2.30 bits per heavy atom. The van der Waals surface area contributed by atoms with Gasteiger partial charge in [-0.05, 0) is 19.1 Å². The van der Waals surface area contributed by atoms with Gasteiger partial charge in [0.15, 0.2) is 0 Å². The number of rotatable bonds is 2. The Bertz CT molecular complexity index is 219. The third-order valence-corrected chi connectivity index (χ3v) is 1.08. The van der Waals surface area contributed by atoms with Gasteiger partial charge in [-0.15, -0.1) is 0 Å². The van der Waals surface area contributed by atoms with E-state index in [1.54, 1.807) is 12.1 Å². The minimum Gasteiger partial charge on any atom is -0.156 e. The van der Waals surface area contributed by atoms with Crippen molar-refractivity contribution < 1.29 is 0 Å². The van der Waals surface area contributed by atoms with Gasteiger partial charge in [0.1, 0.15) is 6.54 Å². The molecule has 1 rings (SSSR count). The van der Waals surface area contributed by atoms with Gasteiger partial charge in [0.25, 0.3) is 0 Å². The smallest absolute Gasteiger partial charge is 0.125 e. The highest BCUT2D eigenvalue weighted by Gasteiger charge is 1.92. The summed E-state index contributed by atoms with van der Waals surface area (Å²) in [7, 11) is 0. The molecular formula is C6H7N3O. The van der Waals surface area contributed by atoms with E-state index in [-0.39, 0.29) is 6.54 Å². The zero-order valence-corrected chi connectivity index (χ0v) is 5.61. The summed E-state index contributed by atoms with van der Waals surface area (Å²) in [5.74, 6) is 0. The molecule has 52 valence electrons. The van der Waals surface area contributed by atoms with E-state index in [2.05, 4.69) is 15.4 Å². The fourth-order valence-corrected chi connectivity index (χ4v) is 0.577. The lowest BCUT2D eigenvalue weighted by atomic mass is 10.3. The summed E-state index contributed by atoms with van der Waals surface area (Å²) in [4.78, 5) is 9.74. The molecule has 1 aromatic heterocycles. The molecule has 4 nitrogen and oxygen atoms in total. The first-order chi connectivity index (χ1) is 4.83. The first-order valence-corrected chi connectivity index (χ1v) is 2.91. The van der Waals surface area contributed by atoms with Crippen molar-refractivity contribution >= 4 is 0 Å².